The van der Waals surface area contributed by atoms with Crippen molar-refractivity contribution in [1.29, 1.82) is 0 Å². The maximum atomic E-state index is 13.2. The van der Waals surface area contributed by atoms with E-state index in [1.54, 1.807) is 0 Å². The molecule has 2 aromatic rings. The van der Waals surface area contributed by atoms with E-state index in [1.165, 1.54) is 12.1 Å². The molecule has 1 fully saturated rings. The molecule has 0 amide bonds. The van der Waals surface area contributed by atoms with E-state index >= 15 is 0 Å². The van der Waals surface area contributed by atoms with E-state index in [9.17, 15) is 13.2 Å². The zero-order valence-corrected chi connectivity index (χ0v) is 14.2. The fourth-order valence-electron chi connectivity index (χ4n) is 4.10. The molecular weight excluding hydrogens is 341 g/mol. The molecule has 0 saturated carbocycles. The molecule has 3 N–H and O–H groups in total. The van der Waals surface area contributed by atoms with Gasteiger partial charge in [0.05, 0.1) is 23.8 Å². The summed E-state index contributed by atoms with van der Waals surface area (Å²) in [6.07, 6.45) is -3.21. The fraction of sp³-hybridized carbons (Fsp3) is 0.400. The van der Waals surface area contributed by atoms with Crippen LogP contribution in [-0.4, -0.2) is 12.6 Å². The zero-order chi connectivity index (χ0) is 18.3. The van der Waals surface area contributed by atoms with Crippen LogP contribution in [0.15, 0.2) is 48.5 Å². The van der Waals surface area contributed by atoms with Gasteiger partial charge in [0.1, 0.15) is 0 Å². The lowest BCUT2D eigenvalue weighted by Gasteiger charge is -2.45. The average molecular weight is 362 g/mol. The molecule has 6 heteroatoms. The van der Waals surface area contributed by atoms with Crippen molar-refractivity contribution in [2.45, 2.75) is 37.3 Å². The Morgan fingerprint density at radius 2 is 1.85 bits per heavy atom. The van der Waals surface area contributed by atoms with E-state index in [2.05, 4.69) is 5.32 Å². The van der Waals surface area contributed by atoms with E-state index in [1.807, 2.05) is 30.3 Å². The van der Waals surface area contributed by atoms with Crippen molar-refractivity contribution in [2.24, 2.45) is 11.7 Å². The predicted octanol–water partition coefficient (Wildman–Crippen LogP) is 4.67. The third-order valence-corrected chi connectivity index (χ3v) is 5.40. The van der Waals surface area contributed by atoms with Crippen LogP contribution in [0.25, 0.3) is 0 Å². The highest BCUT2D eigenvalue weighted by molar-refractivity contribution is 5.58. The molecule has 2 heterocycles. The molecule has 0 aliphatic carbocycles. The van der Waals surface area contributed by atoms with E-state index in [4.69, 9.17) is 10.5 Å². The number of rotatable bonds is 2. The minimum atomic E-state index is -4.37. The first-order chi connectivity index (χ1) is 12.5. The van der Waals surface area contributed by atoms with Crippen LogP contribution in [0.5, 0.6) is 0 Å². The molecule has 4 atom stereocenters. The Morgan fingerprint density at radius 3 is 2.54 bits per heavy atom. The standard InChI is InChI=1S/C20H21F3N2O/c21-20(22,23)13-6-9-17-16(10-13)19-15(8-7-14(11-24)26-19)18(25-17)12-4-2-1-3-5-12/h1-6,9-10,14-15,18-19,25H,7-8,11,24H2/t14?,15-,18-,19?/m0/s1. The van der Waals surface area contributed by atoms with Gasteiger partial charge in [-0.2, -0.15) is 13.2 Å². The summed E-state index contributed by atoms with van der Waals surface area (Å²) in [7, 11) is 0. The van der Waals surface area contributed by atoms with Crippen LogP contribution in [0.2, 0.25) is 0 Å². The minimum Gasteiger partial charge on any atom is -0.378 e. The third-order valence-electron chi connectivity index (χ3n) is 5.40. The number of nitrogens with one attached hydrogen (secondary N) is 1. The van der Waals surface area contributed by atoms with E-state index in [0.29, 0.717) is 17.8 Å². The van der Waals surface area contributed by atoms with Gasteiger partial charge in [-0.15, -0.1) is 0 Å². The van der Waals surface area contributed by atoms with Gasteiger partial charge < -0.3 is 15.8 Å². The van der Waals surface area contributed by atoms with Crippen molar-refractivity contribution in [2.75, 3.05) is 11.9 Å². The summed E-state index contributed by atoms with van der Waals surface area (Å²) in [4.78, 5) is 0. The third kappa shape index (κ3) is 3.08. The second kappa shape index (κ2) is 6.59. The molecule has 2 aliphatic heterocycles. The number of fused-ring (bicyclic) bond motifs is 3. The molecular formula is C20H21F3N2O. The van der Waals surface area contributed by atoms with Crippen LogP contribution in [0, 0.1) is 5.92 Å². The quantitative estimate of drug-likeness (QED) is 0.816. The van der Waals surface area contributed by atoms with Crippen LogP contribution in [0.4, 0.5) is 18.9 Å². The van der Waals surface area contributed by atoms with Gasteiger partial charge in [-0.1, -0.05) is 30.3 Å². The number of hydrogen-bond acceptors (Lipinski definition) is 3. The average Bonchev–Trinajstić information content (AvgIpc) is 2.66. The second-order valence-corrected chi connectivity index (χ2v) is 6.99. The lowest BCUT2D eigenvalue weighted by molar-refractivity contribution is -0.138. The summed E-state index contributed by atoms with van der Waals surface area (Å²) in [6, 6.07) is 13.8. The summed E-state index contributed by atoms with van der Waals surface area (Å²) in [5.41, 5.74) is 7.52. The molecule has 138 valence electrons. The van der Waals surface area contributed by atoms with Crippen LogP contribution >= 0.6 is 0 Å². The lowest BCUT2D eigenvalue weighted by Crippen LogP contribution is -2.41. The largest absolute Gasteiger partial charge is 0.416 e. The zero-order valence-electron chi connectivity index (χ0n) is 14.2. The molecule has 3 nitrogen and oxygen atoms in total. The number of benzene rings is 2. The Hall–Kier alpha value is -2.05. The van der Waals surface area contributed by atoms with Gasteiger partial charge in [0.15, 0.2) is 0 Å². The minimum absolute atomic E-state index is 0.00385. The Kier molecular flexibility index (Phi) is 4.40. The molecule has 4 rings (SSSR count). The first-order valence-corrected chi connectivity index (χ1v) is 8.85. The van der Waals surface area contributed by atoms with Gasteiger partial charge in [0, 0.05) is 23.7 Å². The highest BCUT2D eigenvalue weighted by Crippen LogP contribution is 2.51. The fourth-order valence-corrected chi connectivity index (χ4v) is 4.10. The maximum Gasteiger partial charge on any atom is 0.416 e. The van der Waals surface area contributed by atoms with Gasteiger partial charge in [0.25, 0.3) is 0 Å². The van der Waals surface area contributed by atoms with Crippen LogP contribution in [-0.2, 0) is 10.9 Å². The molecule has 1 saturated heterocycles. The van der Waals surface area contributed by atoms with Gasteiger partial charge in [-0.3, -0.25) is 0 Å². The van der Waals surface area contributed by atoms with Gasteiger partial charge >= 0.3 is 6.18 Å². The summed E-state index contributed by atoms with van der Waals surface area (Å²) >= 11 is 0. The predicted molar refractivity (Wildman–Crippen MR) is 93.6 cm³/mol. The molecule has 0 radical (unpaired) electrons. The number of ether oxygens (including phenoxy) is 1. The van der Waals surface area contributed by atoms with Crippen LogP contribution < -0.4 is 11.1 Å². The van der Waals surface area contributed by atoms with Crippen molar-refractivity contribution >= 4 is 5.69 Å². The van der Waals surface area contributed by atoms with Crippen molar-refractivity contribution in [1.82, 2.24) is 0 Å². The Labute approximate surface area is 150 Å². The number of hydrogen-bond donors (Lipinski definition) is 2. The van der Waals surface area contributed by atoms with Crippen LogP contribution in [0.1, 0.15) is 41.7 Å². The Morgan fingerprint density at radius 1 is 1.08 bits per heavy atom. The maximum absolute atomic E-state index is 13.2. The van der Waals surface area contributed by atoms with Gasteiger partial charge in [-0.25, -0.2) is 0 Å². The highest BCUT2D eigenvalue weighted by Gasteiger charge is 2.43. The topological polar surface area (TPSA) is 47.3 Å². The molecule has 0 bridgehead atoms. The number of anilines is 1. The van der Waals surface area contributed by atoms with E-state index in [0.717, 1.165) is 24.5 Å². The molecule has 26 heavy (non-hydrogen) atoms. The lowest BCUT2D eigenvalue weighted by atomic mass is 9.76. The second-order valence-electron chi connectivity index (χ2n) is 6.99. The molecule has 0 spiro atoms. The smallest absolute Gasteiger partial charge is 0.378 e. The van der Waals surface area contributed by atoms with Gasteiger partial charge in [-0.05, 0) is 36.6 Å². The monoisotopic (exact) mass is 362 g/mol. The first kappa shape index (κ1) is 17.4. The Bertz CT molecular complexity index is 778. The van der Waals surface area contributed by atoms with Crippen molar-refractivity contribution in [3.63, 3.8) is 0 Å². The number of alkyl halides is 3. The van der Waals surface area contributed by atoms with Crippen molar-refractivity contribution < 1.29 is 17.9 Å². The highest BCUT2D eigenvalue weighted by atomic mass is 19.4. The SMILES string of the molecule is NCC1CC[C@@H]2C(O1)c1cc(C(F)(F)F)ccc1N[C@H]2c1ccccc1. The van der Waals surface area contributed by atoms with Gasteiger partial charge in [0.2, 0.25) is 0 Å². The van der Waals surface area contributed by atoms with Crippen molar-refractivity contribution in [3.05, 3.63) is 65.2 Å². The summed E-state index contributed by atoms with van der Waals surface area (Å²) in [5, 5.41) is 3.45. The first-order valence-electron chi connectivity index (χ1n) is 8.85. The molecule has 2 aliphatic rings. The molecule has 0 aromatic heterocycles. The summed E-state index contributed by atoms with van der Waals surface area (Å²) in [6.45, 7) is 0.376. The number of halogens is 3. The molecule has 2 unspecified atom stereocenters. The number of nitrogens with two attached hydrogens (primary N) is 1. The Balaban J connectivity index is 1.77. The summed E-state index contributed by atoms with van der Waals surface area (Å²) < 4.78 is 45.7. The van der Waals surface area contributed by atoms with Crippen molar-refractivity contribution in [3.8, 4) is 0 Å². The van der Waals surface area contributed by atoms with E-state index in [-0.39, 0.29) is 24.2 Å². The van der Waals surface area contributed by atoms with E-state index < -0.39 is 11.7 Å². The van der Waals surface area contributed by atoms with Crippen LogP contribution in [0.3, 0.4) is 0 Å². The normalized spacial score (nSPS) is 28.0. The summed E-state index contributed by atoms with van der Waals surface area (Å²) in [5.74, 6) is 0.0659. The molecule has 2 aromatic carbocycles.